The van der Waals surface area contributed by atoms with Gasteiger partial charge in [-0.3, -0.25) is 4.79 Å². The molecule has 3 aromatic rings. The second kappa shape index (κ2) is 9.98. The number of anilines is 1. The Kier molecular flexibility index (Phi) is 7.14. The molecule has 0 bridgehead atoms. The highest BCUT2D eigenvalue weighted by Crippen LogP contribution is 2.35. The van der Waals surface area contributed by atoms with Crippen LogP contribution >= 0.6 is 23.2 Å². The predicted octanol–water partition coefficient (Wildman–Crippen LogP) is 5.96. The van der Waals surface area contributed by atoms with E-state index in [0.717, 1.165) is 5.56 Å². The molecule has 0 heterocycles. The van der Waals surface area contributed by atoms with Gasteiger partial charge in [-0.15, -0.1) is 0 Å². The van der Waals surface area contributed by atoms with Crippen LogP contribution in [0.2, 0.25) is 10.0 Å². The molecule has 0 atom stereocenters. The lowest BCUT2D eigenvalue weighted by Gasteiger charge is -2.11. The molecule has 0 aliphatic carbocycles. The lowest BCUT2D eigenvalue weighted by atomic mass is 10.1. The summed E-state index contributed by atoms with van der Waals surface area (Å²) in [6.45, 7) is 0.132. The van der Waals surface area contributed by atoms with Crippen molar-refractivity contribution in [1.82, 2.24) is 0 Å². The molecule has 0 saturated heterocycles. The van der Waals surface area contributed by atoms with E-state index in [1.165, 1.54) is 54.6 Å². The van der Waals surface area contributed by atoms with Crippen LogP contribution in [0.25, 0.3) is 6.08 Å². The quantitative estimate of drug-likeness (QED) is 0.272. The van der Waals surface area contributed by atoms with E-state index < -0.39 is 5.91 Å². The normalized spacial score (nSPS) is 11.0. The van der Waals surface area contributed by atoms with Crippen molar-refractivity contribution in [3.05, 3.63) is 93.2 Å². The lowest BCUT2D eigenvalue weighted by Crippen LogP contribution is -2.13. The third-order valence-corrected chi connectivity index (χ3v) is 4.68. The van der Waals surface area contributed by atoms with Gasteiger partial charge in [-0.2, -0.15) is 5.26 Å². The van der Waals surface area contributed by atoms with Gasteiger partial charge in [0.05, 0.1) is 10.0 Å². The van der Waals surface area contributed by atoms with Gasteiger partial charge in [0.25, 0.3) is 5.91 Å². The summed E-state index contributed by atoms with van der Waals surface area (Å²) in [6, 6.07) is 16.5. The number of halogens is 3. The van der Waals surface area contributed by atoms with Crippen molar-refractivity contribution in [3.8, 4) is 17.6 Å². The molecule has 0 aliphatic heterocycles. The number of carbonyl (C=O) groups excluding carboxylic acids is 1. The number of hydrogen-bond acceptors (Lipinski definition) is 4. The van der Waals surface area contributed by atoms with Gasteiger partial charge in [0, 0.05) is 5.69 Å². The van der Waals surface area contributed by atoms with Crippen molar-refractivity contribution >= 4 is 40.9 Å². The third kappa shape index (κ3) is 5.98. The maximum absolute atomic E-state index is 13.0. The summed E-state index contributed by atoms with van der Waals surface area (Å²) in [7, 11) is 0. The molecule has 31 heavy (non-hydrogen) atoms. The molecular weight excluding hydrogens is 442 g/mol. The van der Waals surface area contributed by atoms with Gasteiger partial charge in [-0.1, -0.05) is 35.3 Å². The topological polar surface area (TPSA) is 82.3 Å². The number of phenolic OH excluding ortho intramolecular Hbond substituents is 1. The van der Waals surface area contributed by atoms with E-state index in [-0.39, 0.29) is 39.5 Å². The van der Waals surface area contributed by atoms with Crippen molar-refractivity contribution < 1.29 is 19.0 Å². The molecule has 0 aromatic heterocycles. The Hall–Kier alpha value is -3.53. The Morgan fingerprint density at radius 3 is 2.29 bits per heavy atom. The van der Waals surface area contributed by atoms with Crippen molar-refractivity contribution in [2.45, 2.75) is 6.61 Å². The predicted molar refractivity (Wildman–Crippen MR) is 118 cm³/mol. The zero-order valence-corrected chi connectivity index (χ0v) is 17.4. The number of phenols is 1. The van der Waals surface area contributed by atoms with Crippen LogP contribution in [-0.4, -0.2) is 11.0 Å². The van der Waals surface area contributed by atoms with E-state index in [1.54, 1.807) is 12.1 Å². The van der Waals surface area contributed by atoms with Crippen LogP contribution in [0.5, 0.6) is 11.5 Å². The maximum atomic E-state index is 13.0. The van der Waals surface area contributed by atoms with Crippen molar-refractivity contribution in [2.24, 2.45) is 0 Å². The summed E-state index contributed by atoms with van der Waals surface area (Å²) in [5.74, 6) is -0.687. The van der Waals surface area contributed by atoms with Crippen LogP contribution in [0.1, 0.15) is 11.1 Å². The van der Waals surface area contributed by atoms with E-state index in [4.69, 9.17) is 27.9 Å². The number of amides is 1. The molecule has 8 heteroatoms. The number of aromatic hydroxyl groups is 1. The average molecular weight is 457 g/mol. The lowest BCUT2D eigenvalue weighted by molar-refractivity contribution is -0.112. The fraction of sp³-hybridized carbons (Fsp3) is 0.0435. The molecule has 2 N–H and O–H groups in total. The minimum atomic E-state index is -0.628. The van der Waals surface area contributed by atoms with Gasteiger partial charge in [0.2, 0.25) is 0 Å². The fourth-order valence-corrected chi connectivity index (χ4v) is 3.21. The Morgan fingerprint density at radius 2 is 1.71 bits per heavy atom. The molecule has 0 fully saturated rings. The molecule has 0 unspecified atom stereocenters. The summed E-state index contributed by atoms with van der Waals surface area (Å²) in [6.07, 6.45) is 1.34. The number of nitrogens with zero attached hydrogens (tertiary/aromatic N) is 1. The molecule has 0 aliphatic rings. The largest absolute Gasteiger partial charge is 0.508 e. The van der Waals surface area contributed by atoms with Crippen molar-refractivity contribution in [1.29, 1.82) is 5.26 Å². The molecular formula is C23H15Cl2FN2O3. The van der Waals surface area contributed by atoms with Gasteiger partial charge in [-0.05, 0) is 65.7 Å². The number of nitriles is 1. The molecule has 1 amide bonds. The highest BCUT2D eigenvalue weighted by atomic mass is 35.5. The Bertz CT molecular complexity index is 1150. The second-order valence-electron chi connectivity index (χ2n) is 6.40. The summed E-state index contributed by atoms with van der Waals surface area (Å²) < 4.78 is 18.6. The van der Waals surface area contributed by atoms with Gasteiger partial charge in [0.15, 0.2) is 5.75 Å². The summed E-state index contributed by atoms with van der Waals surface area (Å²) in [4.78, 5) is 12.4. The molecule has 3 rings (SSSR count). The number of nitrogens with one attached hydrogen (secondary N) is 1. The second-order valence-corrected chi connectivity index (χ2v) is 7.21. The van der Waals surface area contributed by atoms with E-state index in [0.29, 0.717) is 11.3 Å². The van der Waals surface area contributed by atoms with Crippen LogP contribution in [0.3, 0.4) is 0 Å². The number of hydrogen-bond donors (Lipinski definition) is 2. The first-order valence-electron chi connectivity index (χ1n) is 8.94. The minimum Gasteiger partial charge on any atom is -0.508 e. The standard InChI is InChI=1S/C23H15Cl2FN2O3/c24-20-10-15(9-16(12-27)23(30)28-18-5-7-19(29)8-6-18)11-21(25)22(20)31-13-14-1-3-17(26)4-2-14/h1-11,29H,13H2,(H,28,30)/b16-9+. The number of carbonyl (C=O) groups is 1. The van der Waals surface area contributed by atoms with Crippen LogP contribution in [0.4, 0.5) is 10.1 Å². The zero-order chi connectivity index (χ0) is 22.4. The van der Waals surface area contributed by atoms with Gasteiger partial charge in [-0.25, -0.2) is 4.39 Å². The Balaban J connectivity index is 1.76. The molecule has 0 spiro atoms. The van der Waals surface area contributed by atoms with Crippen LogP contribution in [0.15, 0.2) is 66.2 Å². The smallest absolute Gasteiger partial charge is 0.266 e. The molecule has 0 saturated carbocycles. The first kappa shape index (κ1) is 22.2. The number of ether oxygens (including phenoxy) is 1. The fourth-order valence-electron chi connectivity index (χ4n) is 2.60. The zero-order valence-electron chi connectivity index (χ0n) is 15.9. The molecule has 5 nitrogen and oxygen atoms in total. The first-order chi connectivity index (χ1) is 14.9. The summed E-state index contributed by atoms with van der Waals surface area (Å²) in [5.41, 5.74) is 1.42. The van der Waals surface area contributed by atoms with E-state index in [9.17, 15) is 19.6 Å². The SMILES string of the molecule is N#C/C(=C\c1cc(Cl)c(OCc2ccc(F)cc2)c(Cl)c1)C(=O)Nc1ccc(O)cc1. The van der Waals surface area contributed by atoms with Crippen molar-refractivity contribution in [3.63, 3.8) is 0 Å². The molecule has 3 aromatic carbocycles. The number of rotatable bonds is 6. The highest BCUT2D eigenvalue weighted by molar-refractivity contribution is 6.37. The maximum Gasteiger partial charge on any atom is 0.266 e. The molecule has 0 radical (unpaired) electrons. The van der Waals surface area contributed by atoms with E-state index in [1.807, 2.05) is 6.07 Å². The molecule has 156 valence electrons. The van der Waals surface area contributed by atoms with Gasteiger partial charge in [0.1, 0.15) is 29.8 Å². The van der Waals surface area contributed by atoms with Gasteiger partial charge < -0.3 is 15.2 Å². The monoisotopic (exact) mass is 456 g/mol. The van der Waals surface area contributed by atoms with Gasteiger partial charge >= 0.3 is 0 Å². The van der Waals surface area contributed by atoms with E-state index in [2.05, 4.69) is 5.32 Å². The van der Waals surface area contributed by atoms with Crippen molar-refractivity contribution in [2.75, 3.05) is 5.32 Å². The number of benzene rings is 3. The van der Waals surface area contributed by atoms with Crippen LogP contribution in [-0.2, 0) is 11.4 Å². The summed E-state index contributed by atoms with van der Waals surface area (Å²) in [5, 5.41) is 21.6. The average Bonchev–Trinajstić information content (AvgIpc) is 2.74. The Morgan fingerprint density at radius 1 is 1.10 bits per heavy atom. The third-order valence-electron chi connectivity index (χ3n) is 4.12. The van der Waals surface area contributed by atoms with E-state index >= 15 is 0 Å². The van der Waals surface area contributed by atoms with Crippen LogP contribution < -0.4 is 10.1 Å². The Labute approximate surface area is 187 Å². The summed E-state index contributed by atoms with van der Waals surface area (Å²) >= 11 is 12.5. The minimum absolute atomic E-state index is 0.0556. The first-order valence-corrected chi connectivity index (χ1v) is 9.70. The van der Waals surface area contributed by atoms with Crippen LogP contribution in [0, 0.1) is 17.1 Å². The highest BCUT2D eigenvalue weighted by Gasteiger charge is 2.13.